The number of nitrogens with two attached hydrogens (primary N) is 1. The van der Waals surface area contributed by atoms with Gasteiger partial charge in [0.05, 0.1) is 40.4 Å². The lowest BCUT2D eigenvalue weighted by Gasteiger charge is -2.34. The molecular weight excluding hydrogens is 574 g/mol. The van der Waals surface area contributed by atoms with Crippen LogP contribution in [0.4, 0.5) is 11.4 Å². The number of H-pyrrole nitrogens is 2. The molecule has 1 aliphatic rings. The fraction of sp³-hybridized carbons (Fsp3) is 0.182. The molecule has 45 heavy (non-hydrogen) atoms. The number of carboxylic acid groups (broad SMARTS) is 1. The summed E-state index contributed by atoms with van der Waals surface area (Å²) in [5, 5.41) is 9.27. The average Bonchev–Trinajstić information content (AvgIpc) is 3.68. The first-order valence-electron chi connectivity index (χ1n) is 14.4. The van der Waals surface area contributed by atoms with E-state index in [4.69, 9.17) is 30.2 Å². The number of rotatable bonds is 8. The van der Waals surface area contributed by atoms with Crippen LogP contribution < -0.4 is 25.1 Å². The van der Waals surface area contributed by atoms with Crippen molar-refractivity contribution in [3.05, 3.63) is 78.4 Å². The smallest absolute Gasteiger partial charge is 0.337 e. The minimum atomic E-state index is -1.17. The van der Waals surface area contributed by atoms with Gasteiger partial charge in [-0.05, 0) is 67.7 Å². The van der Waals surface area contributed by atoms with Crippen molar-refractivity contribution in [1.29, 1.82) is 0 Å². The van der Waals surface area contributed by atoms with E-state index in [0.29, 0.717) is 11.6 Å². The van der Waals surface area contributed by atoms with E-state index in [1.165, 1.54) is 24.9 Å². The number of aromatic nitrogens is 4. The Bertz CT molecular complexity index is 2030. The number of piperazine rings is 1. The van der Waals surface area contributed by atoms with Gasteiger partial charge in [0.2, 0.25) is 5.75 Å². The molecule has 4 aromatic carbocycles. The third-order valence-corrected chi connectivity index (χ3v) is 8.01. The maximum atomic E-state index is 11.3. The number of nitrogens with one attached hydrogen (secondary N) is 2. The Morgan fingerprint density at radius 3 is 2.27 bits per heavy atom. The van der Waals surface area contributed by atoms with Gasteiger partial charge in [0.25, 0.3) is 0 Å². The zero-order chi connectivity index (χ0) is 31.1. The largest absolute Gasteiger partial charge is 0.493 e. The summed E-state index contributed by atoms with van der Waals surface area (Å²) in [4.78, 5) is 43.5. The van der Waals surface area contributed by atoms with Crippen molar-refractivity contribution in [1.82, 2.24) is 24.8 Å². The highest BCUT2D eigenvalue weighted by Crippen LogP contribution is 2.33. The molecule has 12 heteroatoms. The van der Waals surface area contributed by atoms with E-state index in [1.807, 2.05) is 30.3 Å². The van der Waals surface area contributed by atoms with E-state index in [9.17, 15) is 9.90 Å². The number of benzene rings is 4. The first-order chi connectivity index (χ1) is 21.8. The van der Waals surface area contributed by atoms with Crippen LogP contribution in [0.25, 0.3) is 44.8 Å². The second kappa shape index (κ2) is 11.4. The Balaban J connectivity index is 1.07. The van der Waals surface area contributed by atoms with Gasteiger partial charge in [-0.2, -0.15) is 0 Å². The van der Waals surface area contributed by atoms with Crippen LogP contribution in [0.3, 0.4) is 0 Å². The van der Waals surface area contributed by atoms with Crippen LogP contribution >= 0.6 is 0 Å². The number of methoxy groups -OCH3 is 1. The Morgan fingerprint density at radius 1 is 0.800 bits per heavy atom. The Kier molecular flexibility index (Phi) is 7.10. The van der Waals surface area contributed by atoms with Crippen molar-refractivity contribution in [2.45, 2.75) is 0 Å². The monoisotopic (exact) mass is 605 g/mol. The van der Waals surface area contributed by atoms with Gasteiger partial charge in [0.1, 0.15) is 11.6 Å². The van der Waals surface area contributed by atoms with E-state index in [2.05, 4.69) is 45.0 Å². The number of likely N-dealkylation sites (N-methyl/N-ethyl adjacent to an activating group) is 1. The fourth-order valence-electron chi connectivity index (χ4n) is 5.43. The predicted octanol–water partition coefficient (Wildman–Crippen LogP) is 5.19. The van der Waals surface area contributed by atoms with Gasteiger partial charge >= 0.3 is 5.97 Å². The minimum Gasteiger partial charge on any atom is -0.493 e. The molecule has 0 radical (unpaired) electrons. The number of nitrogen functional groups attached to an aromatic ring is 1. The number of anilines is 2. The quantitative estimate of drug-likeness (QED) is 0.104. The average molecular weight is 606 g/mol. The van der Waals surface area contributed by atoms with Gasteiger partial charge in [-0.1, -0.05) is 0 Å². The molecule has 0 bridgehead atoms. The number of carbonyl (C=O) groups is 1. The molecule has 0 atom stereocenters. The van der Waals surface area contributed by atoms with Crippen molar-refractivity contribution in [2.75, 3.05) is 51.0 Å². The topological polar surface area (TPSA) is 155 Å². The molecule has 1 aliphatic heterocycles. The number of nitrogens with zero attached hydrogens (tertiary/aromatic N) is 4. The highest BCUT2D eigenvalue weighted by atomic mass is 17.2. The molecule has 3 heterocycles. The molecular formula is C33H31N7O5. The molecule has 0 amide bonds. The van der Waals surface area contributed by atoms with Crippen molar-refractivity contribution >= 4 is 39.4 Å². The Hall–Kier alpha value is -5.75. The maximum Gasteiger partial charge on any atom is 0.337 e. The third-order valence-electron chi connectivity index (χ3n) is 8.01. The summed E-state index contributed by atoms with van der Waals surface area (Å²) in [6.45, 7) is 4.13. The first kappa shape index (κ1) is 28.0. The summed E-state index contributed by atoms with van der Waals surface area (Å²) >= 11 is 0. The Labute approximate surface area is 257 Å². The lowest BCUT2D eigenvalue weighted by Crippen LogP contribution is -2.44. The molecule has 1 saturated heterocycles. The summed E-state index contributed by atoms with van der Waals surface area (Å²) < 4.78 is 5.22. The number of imidazole rings is 2. The minimum absolute atomic E-state index is 0.0287. The van der Waals surface area contributed by atoms with E-state index < -0.39 is 5.97 Å². The van der Waals surface area contributed by atoms with Crippen LogP contribution in [0.5, 0.6) is 17.2 Å². The zero-order valence-electron chi connectivity index (χ0n) is 24.7. The first-order valence-corrected chi connectivity index (χ1v) is 14.4. The van der Waals surface area contributed by atoms with Gasteiger partial charge in [-0.3, -0.25) is 9.78 Å². The molecule has 7 rings (SSSR count). The van der Waals surface area contributed by atoms with Crippen molar-refractivity contribution in [3.8, 4) is 40.0 Å². The van der Waals surface area contributed by atoms with Crippen LogP contribution in [0.1, 0.15) is 10.4 Å². The van der Waals surface area contributed by atoms with Crippen LogP contribution in [0, 0.1) is 0 Å². The molecule has 12 nitrogen and oxygen atoms in total. The number of aromatic amines is 2. The van der Waals surface area contributed by atoms with Crippen LogP contribution in [-0.4, -0.2) is 76.2 Å². The molecule has 0 saturated carbocycles. The van der Waals surface area contributed by atoms with Crippen LogP contribution in [-0.2, 0) is 0 Å². The van der Waals surface area contributed by atoms with Gasteiger partial charge in [0.15, 0.2) is 11.5 Å². The number of hydrogen-bond acceptors (Lipinski definition) is 9. The SMILES string of the molecule is COc1cc(C(=O)O)c(N)cc1OOc1ccc(-c2nc3ccc(-c4nc5cc(N6CCN(C)CC6)ccc5[nH]4)cc3[nH]2)cc1. The molecule has 6 aromatic rings. The van der Waals surface area contributed by atoms with Gasteiger partial charge in [-0.15, -0.1) is 0 Å². The van der Waals surface area contributed by atoms with E-state index in [-0.39, 0.29) is 22.7 Å². The fourth-order valence-corrected chi connectivity index (χ4v) is 5.43. The van der Waals surface area contributed by atoms with Crippen LogP contribution in [0.15, 0.2) is 72.8 Å². The lowest BCUT2D eigenvalue weighted by molar-refractivity contribution is -0.101. The summed E-state index contributed by atoms with van der Waals surface area (Å²) in [6.07, 6.45) is 0. The third kappa shape index (κ3) is 5.54. The molecule has 0 unspecified atom stereocenters. The van der Waals surface area contributed by atoms with Crippen molar-refractivity contribution in [2.24, 2.45) is 0 Å². The molecule has 2 aromatic heterocycles. The summed E-state index contributed by atoms with van der Waals surface area (Å²) in [5.74, 6) is 1.09. The van der Waals surface area contributed by atoms with E-state index in [0.717, 1.165) is 65.2 Å². The number of aromatic carboxylic acids is 1. The van der Waals surface area contributed by atoms with Gasteiger partial charge < -0.3 is 35.3 Å². The molecule has 0 spiro atoms. The second-order valence-corrected chi connectivity index (χ2v) is 11.0. The maximum absolute atomic E-state index is 11.3. The molecule has 1 fully saturated rings. The number of carboxylic acids is 1. The number of ether oxygens (including phenoxy) is 1. The van der Waals surface area contributed by atoms with Gasteiger partial charge in [-0.25, -0.2) is 14.8 Å². The standard InChI is InChI=1S/C33H31N7O5/c1-39-11-13-40(14-12-39)21-6-10-26-28(16-21)38-32(36-26)20-5-9-25-27(15-20)37-31(35-25)19-3-7-22(8-4-19)44-45-30-18-24(34)23(33(41)42)17-29(30)43-2/h3-10,15-18H,11-14,34H2,1-2H3,(H,35,37)(H,36,38)(H,41,42). The number of hydrogen-bond donors (Lipinski definition) is 4. The van der Waals surface area contributed by atoms with Gasteiger partial charge in [0, 0.05) is 55.1 Å². The highest BCUT2D eigenvalue weighted by molar-refractivity contribution is 5.94. The molecule has 5 N–H and O–H groups in total. The van der Waals surface area contributed by atoms with Crippen molar-refractivity contribution in [3.63, 3.8) is 0 Å². The normalized spacial score (nSPS) is 13.8. The summed E-state index contributed by atoms with van der Waals surface area (Å²) in [5.41, 5.74) is 12.5. The lowest BCUT2D eigenvalue weighted by atomic mass is 10.1. The number of fused-ring (bicyclic) bond motifs is 2. The predicted molar refractivity (Wildman–Crippen MR) is 172 cm³/mol. The van der Waals surface area contributed by atoms with Crippen molar-refractivity contribution < 1.29 is 24.4 Å². The summed E-state index contributed by atoms with van der Waals surface area (Å²) in [6, 6.07) is 22.3. The molecule has 228 valence electrons. The van der Waals surface area contributed by atoms with E-state index >= 15 is 0 Å². The van der Waals surface area contributed by atoms with E-state index in [1.54, 1.807) is 12.1 Å². The zero-order valence-corrected chi connectivity index (χ0v) is 24.7. The Morgan fingerprint density at radius 2 is 1.51 bits per heavy atom. The summed E-state index contributed by atoms with van der Waals surface area (Å²) in [7, 11) is 3.56. The highest BCUT2D eigenvalue weighted by Gasteiger charge is 2.18. The van der Waals surface area contributed by atoms with Crippen LogP contribution in [0.2, 0.25) is 0 Å². The second-order valence-electron chi connectivity index (χ2n) is 11.0. The molecule has 0 aliphatic carbocycles.